The van der Waals surface area contributed by atoms with Gasteiger partial charge in [0, 0.05) is 12.3 Å². The zero-order valence-electron chi connectivity index (χ0n) is 15.3. The van der Waals surface area contributed by atoms with Crippen LogP contribution in [0.4, 0.5) is 0 Å². The monoisotopic (exact) mass is 350 g/mol. The van der Waals surface area contributed by atoms with E-state index in [1.165, 1.54) is 31.3 Å². The molecule has 0 aromatic carbocycles. The minimum Gasteiger partial charge on any atom is -0.300 e. The normalized spacial score (nSPS) is 47.0. The van der Waals surface area contributed by atoms with Crippen molar-refractivity contribution >= 4 is 24.0 Å². The first-order valence-corrected chi connectivity index (χ1v) is 9.60. The number of allylic oxidation sites excluding steroid dienone is 1. The Hall–Kier alpha value is -0.630. The maximum absolute atomic E-state index is 12.1. The Labute approximate surface area is 152 Å². The summed E-state index contributed by atoms with van der Waals surface area (Å²) in [4.78, 5) is 24.0. The van der Waals surface area contributed by atoms with Crippen LogP contribution in [0.2, 0.25) is 0 Å². The number of hydrogen-bond acceptors (Lipinski definition) is 2. The van der Waals surface area contributed by atoms with Crippen LogP contribution < -0.4 is 0 Å². The fourth-order valence-corrected chi connectivity index (χ4v) is 7.23. The first-order valence-electron chi connectivity index (χ1n) is 9.60. The molecular weight excluding hydrogens is 320 g/mol. The van der Waals surface area contributed by atoms with Crippen LogP contribution >= 0.6 is 12.4 Å². The van der Waals surface area contributed by atoms with Crippen LogP contribution in [0.25, 0.3) is 0 Å². The average molecular weight is 351 g/mol. The van der Waals surface area contributed by atoms with E-state index in [9.17, 15) is 9.59 Å². The Balaban J connectivity index is 0.00000169. The molecular formula is C21H31ClO2. The standard InChI is InChI=1S/C21H30O2.ClH/c1-13(22)17-6-7-18-16-5-4-14-12-15(23)8-10-20(14,2)19(16)9-11-21(17,18)3;/h12,16-19H,4-11H2,1-3H3;1H/t16?,17?,18?,19?,20-,21+;/m0./s1. The van der Waals surface area contributed by atoms with Crippen molar-refractivity contribution in [1.29, 1.82) is 0 Å². The second kappa shape index (κ2) is 5.97. The number of carbonyl (C=O) groups excluding carboxylic acids is 2. The van der Waals surface area contributed by atoms with Crippen LogP contribution in [0.3, 0.4) is 0 Å². The summed E-state index contributed by atoms with van der Waals surface area (Å²) >= 11 is 0. The van der Waals surface area contributed by atoms with E-state index in [0.717, 1.165) is 43.4 Å². The lowest BCUT2D eigenvalue weighted by molar-refractivity contribution is -0.128. The lowest BCUT2D eigenvalue weighted by Crippen LogP contribution is -2.51. The Kier molecular flexibility index (Phi) is 4.52. The third-order valence-corrected chi connectivity index (χ3v) is 8.45. The molecule has 4 rings (SSSR count). The van der Waals surface area contributed by atoms with Crippen LogP contribution in [0.1, 0.15) is 72.1 Å². The van der Waals surface area contributed by atoms with Gasteiger partial charge >= 0.3 is 0 Å². The second-order valence-electron chi connectivity index (χ2n) is 9.25. The molecule has 3 heteroatoms. The molecule has 0 aromatic rings. The fourth-order valence-electron chi connectivity index (χ4n) is 7.23. The maximum atomic E-state index is 12.1. The largest absolute Gasteiger partial charge is 0.300 e. The summed E-state index contributed by atoms with van der Waals surface area (Å²) in [6.07, 6.45) is 10.9. The zero-order chi connectivity index (χ0) is 16.4. The minimum atomic E-state index is 0. The summed E-state index contributed by atoms with van der Waals surface area (Å²) in [7, 11) is 0. The topological polar surface area (TPSA) is 34.1 Å². The predicted octanol–water partition coefficient (Wildman–Crippen LogP) is 5.15. The van der Waals surface area contributed by atoms with Gasteiger partial charge in [-0.2, -0.15) is 0 Å². The van der Waals surface area contributed by atoms with Crippen molar-refractivity contribution < 1.29 is 9.59 Å². The number of fused-ring (bicyclic) bond motifs is 5. The van der Waals surface area contributed by atoms with E-state index >= 15 is 0 Å². The highest BCUT2D eigenvalue weighted by atomic mass is 35.5. The number of ketones is 2. The molecule has 134 valence electrons. The molecule has 4 aliphatic carbocycles. The molecule has 0 radical (unpaired) electrons. The van der Waals surface area contributed by atoms with Gasteiger partial charge in [0.1, 0.15) is 5.78 Å². The Bertz CT molecular complexity index is 595. The van der Waals surface area contributed by atoms with E-state index in [-0.39, 0.29) is 23.2 Å². The molecule has 6 atom stereocenters. The van der Waals surface area contributed by atoms with E-state index in [1.54, 1.807) is 6.92 Å². The molecule has 0 amide bonds. The van der Waals surface area contributed by atoms with Crippen LogP contribution in [-0.2, 0) is 9.59 Å². The van der Waals surface area contributed by atoms with Crippen molar-refractivity contribution in [3.63, 3.8) is 0 Å². The van der Waals surface area contributed by atoms with Crippen LogP contribution in [0.5, 0.6) is 0 Å². The number of carbonyl (C=O) groups is 2. The smallest absolute Gasteiger partial charge is 0.155 e. The lowest BCUT2D eigenvalue weighted by atomic mass is 9.47. The minimum absolute atomic E-state index is 0. The van der Waals surface area contributed by atoms with Gasteiger partial charge in [0.25, 0.3) is 0 Å². The quantitative estimate of drug-likeness (QED) is 0.655. The van der Waals surface area contributed by atoms with Crippen LogP contribution in [0, 0.1) is 34.5 Å². The summed E-state index contributed by atoms with van der Waals surface area (Å²) < 4.78 is 0. The van der Waals surface area contributed by atoms with Gasteiger partial charge in [0.05, 0.1) is 0 Å². The lowest BCUT2D eigenvalue weighted by Gasteiger charge is -2.58. The van der Waals surface area contributed by atoms with Gasteiger partial charge in [-0.3, -0.25) is 9.59 Å². The molecule has 0 N–H and O–H groups in total. The highest BCUT2D eigenvalue weighted by molar-refractivity contribution is 5.91. The van der Waals surface area contributed by atoms with Crippen molar-refractivity contribution in [2.24, 2.45) is 34.5 Å². The predicted molar refractivity (Wildman–Crippen MR) is 98.1 cm³/mol. The highest BCUT2D eigenvalue weighted by Crippen LogP contribution is 2.66. The average Bonchev–Trinajstić information content (AvgIpc) is 2.85. The molecule has 4 unspecified atom stereocenters. The van der Waals surface area contributed by atoms with E-state index in [2.05, 4.69) is 13.8 Å². The van der Waals surface area contributed by atoms with E-state index < -0.39 is 0 Å². The second-order valence-corrected chi connectivity index (χ2v) is 9.25. The van der Waals surface area contributed by atoms with Gasteiger partial charge in [-0.15, -0.1) is 12.4 Å². The summed E-state index contributed by atoms with van der Waals surface area (Å²) in [5.41, 5.74) is 1.95. The summed E-state index contributed by atoms with van der Waals surface area (Å²) in [5.74, 6) is 3.29. The SMILES string of the molecule is CC(=O)C1CCC2C3CCC4=CC(=O)CC[C@]4(C)C3CC[C@]12C.Cl. The van der Waals surface area contributed by atoms with Gasteiger partial charge in [-0.25, -0.2) is 0 Å². The molecule has 0 heterocycles. The number of halogens is 1. The van der Waals surface area contributed by atoms with Gasteiger partial charge in [0.15, 0.2) is 5.78 Å². The molecule has 3 fully saturated rings. The van der Waals surface area contributed by atoms with Crippen molar-refractivity contribution in [3.05, 3.63) is 11.6 Å². The summed E-state index contributed by atoms with van der Waals surface area (Å²) in [5, 5.41) is 0. The van der Waals surface area contributed by atoms with E-state index in [1.807, 2.05) is 6.08 Å². The zero-order valence-corrected chi connectivity index (χ0v) is 16.1. The molecule has 3 saturated carbocycles. The highest BCUT2D eigenvalue weighted by Gasteiger charge is 2.59. The molecule has 0 aromatic heterocycles. The molecule has 2 nitrogen and oxygen atoms in total. The molecule has 4 aliphatic rings. The molecule has 0 spiro atoms. The molecule has 0 bridgehead atoms. The Morgan fingerprint density at radius 1 is 1.04 bits per heavy atom. The molecule has 0 saturated heterocycles. The number of rotatable bonds is 1. The maximum Gasteiger partial charge on any atom is 0.155 e. The van der Waals surface area contributed by atoms with E-state index in [4.69, 9.17) is 0 Å². The Morgan fingerprint density at radius 2 is 1.79 bits per heavy atom. The van der Waals surface area contributed by atoms with Crippen molar-refractivity contribution in [2.75, 3.05) is 0 Å². The van der Waals surface area contributed by atoms with E-state index in [0.29, 0.717) is 17.5 Å². The van der Waals surface area contributed by atoms with Crippen molar-refractivity contribution in [1.82, 2.24) is 0 Å². The molecule has 0 aliphatic heterocycles. The van der Waals surface area contributed by atoms with Crippen molar-refractivity contribution in [2.45, 2.75) is 72.1 Å². The third-order valence-electron chi connectivity index (χ3n) is 8.45. The van der Waals surface area contributed by atoms with Crippen molar-refractivity contribution in [3.8, 4) is 0 Å². The number of Topliss-reactive ketones (excluding diaryl/α,β-unsaturated/α-hetero) is 1. The first-order chi connectivity index (χ1) is 10.9. The Morgan fingerprint density at radius 3 is 2.50 bits per heavy atom. The molecule has 24 heavy (non-hydrogen) atoms. The number of hydrogen-bond donors (Lipinski definition) is 0. The summed E-state index contributed by atoms with van der Waals surface area (Å²) in [6, 6.07) is 0. The first kappa shape index (κ1) is 18.2. The third kappa shape index (κ3) is 2.35. The fraction of sp³-hybridized carbons (Fsp3) is 0.810. The van der Waals surface area contributed by atoms with Gasteiger partial charge < -0.3 is 0 Å². The summed E-state index contributed by atoms with van der Waals surface area (Å²) in [6.45, 7) is 6.65. The van der Waals surface area contributed by atoms with Gasteiger partial charge in [-0.1, -0.05) is 19.4 Å². The van der Waals surface area contributed by atoms with Gasteiger partial charge in [-0.05, 0) is 86.5 Å². The van der Waals surface area contributed by atoms with Gasteiger partial charge in [0.2, 0.25) is 0 Å². The van der Waals surface area contributed by atoms with Crippen LogP contribution in [0.15, 0.2) is 11.6 Å². The van der Waals surface area contributed by atoms with Crippen LogP contribution in [-0.4, -0.2) is 11.6 Å².